The maximum atomic E-state index is 4.45. The normalized spacial score (nSPS) is 11.2. The Kier molecular flexibility index (Phi) is 8.76. The molecule has 0 saturated carbocycles. The van der Waals surface area contributed by atoms with Crippen molar-refractivity contribution in [1.29, 1.82) is 0 Å². The van der Waals surface area contributed by atoms with E-state index in [9.17, 15) is 0 Å². The number of benzene rings is 1. The van der Waals surface area contributed by atoms with Gasteiger partial charge in [0, 0.05) is 11.6 Å². The first-order valence-electron chi connectivity index (χ1n) is 9.74. The van der Waals surface area contributed by atoms with Gasteiger partial charge in [-0.1, -0.05) is 89.3 Å². The molecule has 126 valence electrons. The maximum absolute atomic E-state index is 4.45. The first-order chi connectivity index (χ1) is 11.4. The van der Waals surface area contributed by atoms with Crippen molar-refractivity contribution in [3.8, 4) is 0 Å². The van der Waals surface area contributed by atoms with Crippen LogP contribution in [0.2, 0.25) is 0 Å². The van der Waals surface area contributed by atoms with Crippen LogP contribution < -0.4 is 0 Å². The van der Waals surface area contributed by atoms with Crippen LogP contribution in [0.4, 0.5) is 0 Å². The van der Waals surface area contributed by atoms with E-state index in [2.05, 4.69) is 42.2 Å². The molecular formula is C22H33N. The fourth-order valence-corrected chi connectivity index (χ4v) is 3.35. The molecule has 2 rings (SSSR count). The predicted molar refractivity (Wildman–Crippen MR) is 102 cm³/mol. The zero-order valence-corrected chi connectivity index (χ0v) is 14.9. The molecule has 0 amide bonds. The molecule has 0 fully saturated rings. The van der Waals surface area contributed by atoms with Gasteiger partial charge in [-0.3, -0.25) is 4.98 Å². The van der Waals surface area contributed by atoms with Gasteiger partial charge in [0.15, 0.2) is 0 Å². The molecule has 1 aromatic carbocycles. The van der Waals surface area contributed by atoms with Gasteiger partial charge in [0.25, 0.3) is 0 Å². The molecule has 0 bridgehead atoms. The highest BCUT2D eigenvalue weighted by atomic mass is 14.6. The summed E-state index contributed by atoms with van der Waals surface area (Å²) in [7, 11) is 0. The van der Waals surface area contributed by atoms with Crippen LogP contribution in [0.1, 0.15) is 83.1 Å². The molecule has 0 aliphatic carbocycles. The molecular weight excluding hydrogens is 278 g/mol. The number of aromatic nitrogens is 1. The minimum Gasteiger partial charge on any atom is -0.256 e. The minimum atomic E-state index is 1.13. The van der Waals surface area contributed by atoms with Crippen LogP contribution in [0.3, 0.4) is 0 Å². The molecule has 2 aromatic rings. The van der Waals surface area contributed by atoms with Crippen molar-refractivity contribution in [3.05, 3.63) is 42.1 Å². The highest BCUT2D eigenvalue weighted by molar-refractivity contribution is 5.81. The number of hydrogen-bond acceptors (Lipinski definition) is 1. The largest absolute Gasteiger partial charge is 0.256 e. The minimum absolute atomic E-state index is 1.13. The summed E-state index contributed by atoms with van der Waals surface area (Å²) in [6.45, 7) is 2.29. The summed E-state index contributed by atoms with van der Waals surface area (Å²) in [5, 5.41) is 1.34. The fraction of sp³-hybridized carbons (Fsp3) is 0.591. The topological polar surface area (TPSA) is 12.9 Å². The van der Waals surface area contributed by atoms with Gasteiger partial charge in [0.05, 0.1) is 5.52 Å². The van der Waals surface area contributed by atoms with E-state index in [0.717, 1.165) is 5.52 Å². The standard InChI is InChI=1S/C22H33N/c1-2-3-4-5-6-7-8-9-10-11-12-15-20-18-19-23-22-17-14-13-16-21(20)22/h13-14,16-19H,2-12,15H2,1H3. The van der Waals surface area contributed by atoms with E-state index in [1.807, 2.05) is 6.20 Å². The Morgan fingerprint density at radius 3 is 2.00 bits per heavy atom. The second-order valence-corrected chi connectivity index (χ2v) is 6.77. The van der Waals surface area contributed by atoms with Crippen molar-refractivity contribution in [1.82, 2.24) is 4.98 Å². The van der Waals surface area contributed by atoms with Crippen LogP contribution in [-0.2, 0) is 6.42 Å². The smallest absolute Gasteiger partial charge is 0.0704 e. The Labute approximate surface area is 142 Å². The summed E-state index contributed by atoms with van der Waals surface area (Å²) in [5.74, 6) is 0. The average Bonchev–Trinajstić information content (AvgIpc) is 2.60. The number of hydrogen-bond donors (Lipinski definition) is 0. The van der Waals surface area contributed by atoms with Crippen molar-refractivity contribution in [2.24, 2.45) is 0 Å². The summed E-state index contributed by atoms with van der Waals surface area (Å²) >= 11 is 0. The lowest BCUT2D eigenvalue weighted by molar-refractivity contribution is 0.550. The summed E-state index contributed by atoms with van der Waals surface area (Å²) in [6, 6.07) is 10.7. The zero-order valence-electron chi connectivity index (χ0n) is 14.9. The van der Waals surface area contributed by atoms with E-state index < -0.39 is 0 Å². The van der Waals surface area contributed by atoms with Crippen LogP contribution in [0.25, 0.3) is 10.9 Å². The number of fused-ring (bicyclic) bond motifs is 1. The Bertz CT molecular complexity index is 541. The molecule has 0 radical (unpaired) electrons. The molecule has 0 atom stereocenters. The maximum Gasteiger partial charge on any atom is 0.0704 e. The Morgan fingerprint density at radius 2 is 1.30 bits per heavy atom. The summed E-state index contributed by atoms with van der Waals surface area (Å²) in [4.78, 5) is 4.45. The molecule has 0 unspecified atom stereocenters. The fourth-order valence-electron chi connectivity index (χ4n) is 3.35. The first kappa shape index (κ1) is 18.0. The molecule has 0 aliphatic heterocycles. The summed E-state index contributed by atoms with van der Waals surface area (Å²) < 4.78 is 0. The molecule has 1 heteroatoms. The van der Waals surface area contributed by atoms with E-state index in [1.165, 1.54) is 88.0 Å². The third kappa shape index (κ3) is 6.72. The number of aryl methyl sites for hydroxylation is 1. The molecule has 1 nitrogen and oxygen atoms in total. The molecule has 0 spiro atoms. The number of rotatable bonds is 12. The third-order valence-electron chi connectivity index (χ3n) is 4.79. The first-order valence-corrected chi connectivity index (χ1v) is 9.74. The van der Waals surface area contributed by atoms with Gasteiger partial charge in [0.2, 0.25) is 0 Å². The number of nitrogens with zero attached hydrogens (tertiary/aromatic N) is 1. The Hall–Kier alpha value is -1.37. The third-order valence-corrected chi connectivity index (χ3v) is 4.79. The van der Waals surface area contributed by atoms with Gasteiger partial charge in [0.1, 0.15) is 0 Å². The second-order valence-electron chi connectivity index (χ2n) is 6.77. The van der Waals surface area contributed by atoms with E-state index in [1.54, 1.807) is 0 Å². The quantitative estimate of drug-likeness (QED) is 0.381. The molecule has 23 heavy (non-hydrogen) atoms. The van der Waals surface area contributed by atoms with Crippen molar-refractivity contribution in [3.63, 3.8) is 0 Å². The number of pyridine rings is 1. The lowest BCUT2D eigenvalue weighted by Crippen LogP contribution is -1.90. The zero-order chi connectivity index (χ0) is 16.2. The predicted octanol–water partition coefficient (Wildman–Crippen LogP) is 7.09. The van der Waals surface area contributed by atoms with Crippen LogP contribution in [0, 0.1) is 0 Å². The van der Waals surface area contributed by atoms with Gasteiger partial charge >= 0.3 is 0 Å². The van der Waals surface area contributed by atoms with E-state index in [0.29, 0.717) is 0 Å². The van der Waals surface area contributed by atoms with Crippen molar-refractivity contribution >= 4 is 10.9 Å². The highest BCUT2D eigenvalue weighted by Crippen LogP contribution is 2.19. The summed E-state index contributed by atoms with van der Waals surface area (Å²) in [5.41, 5.74) is 2.60. The molecule has 0 saturated heterocycles. The highest BCUT2D eigenvalue weighted by Gasteiger charge is 2.01. The van der Waals surface area contributed by atoms with Crippen molar-refractivity contribution < 1.29 is 0 Å². The lowest BCUT2D eigenvalue weighted by Gasteiger charge is -2.06. The Balaban J connectivity index is 1.54. The SMILES string of the molecule is CCCCCCCCCCCCCc1ccnc2ccccc12. The van der Waals surface area contributed by atoms with Crippen molar-refractivity contribution in [2.75, 3.05) is 0 Å². The van der Waals surface area contributed by atoms with Crippen LogP contribution in [0.5, 0.6) is 0 Å². The lowest BCUT2D eigenvalue weighted by atomic mass is 10.0. The van der Waals surface area contributed by atoms with Gasteiger partial charge in [-0.15, -0.1) is 0 Å². The second kappa shape index (κ2) is 11.2. The van der Waals surface area contributed by atoms with Gasteiger partial charge in [-0.25, -0.2) is 0 Å². The van der Waals surface area contributed by atoms with Crippen LogP contribution in [-0.4, -0.2) is 4.98 Å². The molecule has 0 aliphatic rings. The number of para-hydroxylation sites is 1. The molecule has 1 aromatic heterocycles. The monoisotopic (exact) mass is 311 g/mol. The van der Waals surface area contributed by atoms with E-state index >= 15 is 0 Å². The molecule has 0 N–H and O–H groups in total. The number of unbranched alkanes of at least 4 members (excludes halogenated alkanes) is 10. The summed E-state index contributed by atoms with van der Waals surface area (Å²) in [6.07, 6.45) is 18.6. The van der Waals surface area contributed by atoms with Gasteiger partial charge < -0.3 is 0 Å². The van der Waals surface area contributed by atoms with Crippen LogP contribution >= 0.6 is 0 Å². The van der Waals surface area contributed by atoms with Gasteiger partial charge in [-0.2, -0.15) is 0 Å². The average molecular weight is 312 g/mol. The van der Waals surface area contributed by atoms with E-state index in [-0.39, 0.29) is 0 Å². The van der Waals surface area contributed by atoms with Crippen LogP contribution in [0.15, 0.2) is 36.5 Å². The van der Waals surface area contributed by atoms with Gasteiger partial charge in [-0.05, 0) is 30.5 Å². The van der Waals surface area contributed by atoms with Crippen molar-refractivity contribution in [2.45, 2.75) is 84.0 Å². The van der Waals surface area contributed by atoms with E-state index in [4.69, 9.17) is 0 Å². The molecule has 1 heterocycles. The Morgan fingerprint density at radius 1 is 0.696 bits per heavy atom.